The first-order valence-corrected chi connectivity index (χ1v) is 8.47. The summed E-state index contributed by atoms with van der Waals surface area (Å²) in [5, 5.41) is 3.00. The molecule has 0 saturated heterocycles. The fourth-order valence-electron chi connectivity index (χ4n) is 2.19. The highest BCUT2D eigenvalue weighted by molar-refractivity contribution is 7.98. The lowest BCUT2D eigenvalue weighted by Gasteiger charge is -2.15. The third-order valence-electron chi connectivity index (χ3n) is 3.58. The van der Waals surface area contributed by atoms with Crippen LogP contribution in [0.5, 0.6) is 11.5 Å². The molecule has 1 N–H and O–H groups in total. The van der Waals surface area contributed by atoms with Crippen molar-refractivity contribution in [1.29, 1.82) is 0 Å². The number of benzene rings is 2. The summed E-state index contributed by atoms with van der Waals surface area (Å²) in [7, 11) is 3.12. The van der Waals surface area contributed by atoms with Crippen LogP contribution in [0.25, 0.3) is 0 Å². The monoisotopic (exact) mass is 331 g/mol. The van der Waals surface area contributed by atoms with E-state index in [0.29, 0.717) is 17.1 Å². The fraction of sp³-hybridized carbons (Fsp3) is 0.278. The molecule has 0 heterocycles. The van der Waals surface area contributed by atoms with Crippen LogP contribution in [0.4, 0.5) is 0 Å². The smallest absolute Gasteiger partial charge is 0.252 e. The number of hydrogen-bond acceptors (Lipinski definition) is 4. The van der Waals surface area contributed by atoms with Crippen molar-refractivity contribution in [3.8, 4) is 11.5 Å². The fourth-order valence-corrected chi connectivity index (χ4v) is 2.60. The molecule has 0 aliphatic rings. The molecular formula is C18H21NO3S. The number of carbonyl (C=O) groups excluding carboxylic acids is 1. The van der Waals surface area contributed by atoms with Gasteiger partial charge in [-0.05, 0) is 43.0 Å². The predicted octanol–water partition coefficient (Wildman–Crippen LogP) is 3.92. The quantitative estimate of drug-likeness (QED) is 0.815. The van der Waals surface area contributed by atoms with Gasteiger partial charge in [-0.2, -0.15) is 0 Å². The number of rotatable bonds is 6. The Balaban J connectivity index is 2.14. The van der Waals surface area contributed by atoms with E-state index in [-0.39, 0.29) is 11.9 Å². The number of thioether (sulfide) groups is 1. The lowest BCUT2D eigenvalue weighted by Crippen LogP contribution is -2.26. The zero-order chi connectivity index (χ0) is 16.8. The third-order valence-corrected chi connectivity index (χ3v) is 4.32. The van der Waals surface area contributed by atoms with E-state index in [0.717, 1.165) is 5.56 Å². The highest BCUT2D eigenvalue weighted by Crippen LogP contribution is 2.23. The molecule has 2 aromatic rings. The number of hydrogen-bond donors (Lipinski definition) is 1. The number of carbonyl (C=O) groups is 1. The second-order valence-electron chi connectivity index (χ2n) is 5.07. The van der Waals surface area contributed by atoms with E-state index in [1.807, 2.05) is 25.3 Å². The van der Waals surface area contributed by atoms with Crippen molar-refractivity contribution in [2.24, 2.45) is 0 Å². The molecular weight excluding hydrogens is 310 g/mol. The Kier molecular flexibility index (Phi) is 5.93. The molecule has 0 spiro atoms. The van der Waals surface area contributed by atoms with Crippen LogP contribution in [-0.4, -0.2) is 26.4 Å². The first-order chi connectivity index (χ1) is 11.1. The molecule has 0 aliphatic carbocycles. The van der Waals surface area contributed by atoms with E-state index in [1.165, 1.54) is 4.90 Å². The van der Waals surface area contributed by atoms with Gasteiger partial charge in [0.25, 0.3) is 5.91 Å². The normalized spacial score (nSPS) is 11.7. The second-order valence-corrected chi connectivity index (χ2v) is 5.95. The maximum atomic E-state index is 12.5. The largest absolute Gasteiger partial charge is 0.497 e. The van der Waals surface area contributed by atoms with Crippen molar-refractivity contribution in [2.75, 3.05) is 20.5 Å². The Labute approximate surface area is 141 Å². The Hall–Kier alpha value is -2.14. The molecule has 0 bridgehead atoms. The topological polar surface area (TPSA) is 47.6 Å². The van der Waals surface area contributed by atoms with E-state index < -0.39 is 0 Å². The summed E-state index contributed by atoms with van der Waals surface area (Å²) in [6.45, 7) is 1.96. The average molecular weight is 331 g/mol. The summed E-state index contributed by atoms with van der Waals surface area (Å²) in [4.78, 5) is 13.7. The first-order valence-electron chi connectivity index (χ1n) is 7.25. The Morgan fingerprint density at radius 3 is 2.09 bits per heavy atom. The molecule has 122 valence electrons. The van der Waals surface area contributed by atoms with Gasteiger partial charge in [0, 0.05) is 16.5 Å². The minimum Gasteiger partial charge on any atom is -0.497 e. The summed E-state index contributed by atoms with van der Waals surface area (Å²) < 4.78 is 10.4. The summed E-state index contributed by atoms with van der Waals surface area (Å²) in [6, 6.07) is 13.2. The van der Waals surface area contributed by atoms with Crippen LogP contribution in [0.2, 0.25) is 0 Å². The van der Waals surface area contributed by atoms with E-state index in [9.17, 15) is 4.79 Å². The van der Waals surface area contributed by atoms with Crippen molar-refractivity contribution < 1.29 is 14.3 Å². The van der Waals surface area contributed by atoms with Crippen molar-refractivity contribution in [1.82, 2.24) is 5.32 Å². The predicted molar refractivity (Wildman–Crippen MR) is 93.7 cm³/mol. The zero-order valence-electron chi connectivity index (χ0n) is 13.8. The number of nitrogens with one attached hydrogen (secondary N) is 1. The Morgan fingerprint density at radius 2 is 1.61 bits per heavy atom. The molecule has 1 unspecified atom stereocenters. The van der Waals surface area contributed by atoms with Crippen LogP contribution in [0.3, 0.4) is 0 Å². The molecule has 1 amide bonds. The summed E-state index contributed by atoms with van der Waals surface area (Å²) in [5.74, 6) is 1.02. The molecule has 0 radical (unpaired) electrons. The van der Waals surface area contributed by atoms with E-state index in [2.05, 4.69) is 17.4 Å². The van der Waals surface area contributed by atoms with Gasteiger partial charge in [0.15, 0.2) is 0 Å². The molecule has 4 nitrogen and oxygen atoms in total. The SMILES string of the molecule is COc1cc(OC)cc(C(=O)NC(C)c2ccc(SC)cc2)c1. The van der Waals surface area contributed by atoms with E-state index >= 15 is 0 Å². The minimum atomic E-state index is -0.163. The second kappa shape index (κ2) is 7.92. The van der Waals surface area contributed by atoms with Crippen LogP contribution >= 0.6 is 11.8 Å². The van der Waals surface area contributed by atoms with Crippen LogP contribution in [0.15, 0.2) is 47.4 Å². The molecule has 2 aromatic carbocycles. The van der Waals surface area contributed by atoms with E-state index in [4.69, 9.17) is 9.47 Å². The minimum absolute atomic E-state index is 0.0874. The molecule has 5 heteroatoms. The Morgan fingerprint density at radius 1 is 1.04 bits per heavy atom. The van der Waals surface area contributed by atoms with E-state index in [1.54, 1.807) is 44.2 Å². The van der Waals surface area contributed by atoms with Gasteiger partial charge in [-0.1, -0.05) is 12.1 Å². The maximum absolute atomic E-state index is 12.5. The van der Waals surface area contributed by atoms with Gasteiger partial charge in [0.05, 0.1) is 20.3 Å². The maximum Gasteiger partial charge on any atom is 0.252 e. The molecule has 2 rings (SSSR count). The van der Waals surface area contributed by atoms with Crippen molar-refractivity contribution in [3.63, 3.8) is 0 Å². The van der Waals surface area contributed by atoms with Gasteiger partial charge >= 0.3 is 0 Å². The highest BCUT2D eigenvalue weighted by Gasteiger charge is 2.13. The lowest BCUT2D eigenvalue weighted by atomic mass is 10.1. The summed E-state index contributed by atoms with van der Waals surface area (Å²) >= 11 is 1.69. The van der Waals surface area contributed by atoms with Gasteiger partial charge in [-0.15, -0.1) is 11.8 Å². The van der Waals surface area contributed by atoms with Crippen molar-refractivity contribution >= 4 is 17.7 Å². The van der Waals surface area contributed by atoms with Gasteiger partial charge < -0.3 is 14.8 Å². The standard InChI is InChI=1S/C18H21NO3S/c1-12(13-5-7-17(23-4)8-6-13)19-18(20)14-9-15(21-2)11-16(10-14)22-3/h5-12H,1-4H3,(H,19,20). The average Bonchev–Trinajstić information content (AvgIpc) is 2.61. The molecule has 1 atom stereocenters. The molecule has 0 aliphatic heterocycles. The number of ether oxygens (including phenoxy) is 2. The number of amides is 1. The lowest BCUT2D eigenvalue weighted by molar-refractivity contribution is 0.0939. The van der Waals surface area contributed by atoms with Gasteiger partial charge in [-0.25, -0.2) is 0 Å². The molecule has 0 fully saturated rings. The van der Waals surface area contributed by atoms with Crippen molar-refractivity contribution in [2.45, 2.75) is 17.9 Å². The van der Waals surface area contributed by atoms with Crippen LogP contribution < -0.4 is 14.8 Å². The van der Waals surface area contributed by atoms with Gasteiger partial charge in [0.1, 0.15) is 11.5 Å². The Bertz CT molecular complexity index is 648. The van der Waals surface area contributed by atoms with Gasteiger partial charge in [0.2, 0.25) is 0 Å². The van der Waals surface area contributed by atoms with Crippen LogP contribution in [0.1, 0.15) is 28.9 Å². The highest BCUT2D eigenvalue weighted by atomic mass is 32.2. The van der Waals surface area contributed by atoms with Crippen LogP contribution in [-0.2, 0) is 0 Å². The zero-order valence-corrected chi connectivity index (χ0v) is 14.6. The number of methoxy groups -OCH3 is 2. The molecule has 0 aromatic heterocycles. The molecule has 23 heavy (non-hydrogen) atoms. The molecule has 0 saturated carbocycles. The first kappa shape index (κ1) is 17.2. The summed E-state index contributed by atoms with van der Waals surface area (Å²) in [6.07, 6.45) is 2.04. The van der Waals surface area contributed by atoms with Crippen molar-refractivity contribution in [3.05, 3.63) is 53.6 Å². The summed E-state index contributed by atoms with van der Waals surface area (Å²) in [5.41, 5.74) is 1.57. The van der Waals surface area contributed by atoms with Gasteiger partial charge in [-0.3, -0.25) is 4.79 Å². The van der Waals surface area contributed by atoms with Crippen LogP contribution in [0, 0.1) is 0 Å². The third kappa shape index (κ3) is 4.42.